The second kappa shape index (κ2) is 7.25. The Hall–Kier alpha value is -3.12. The molecule has 6 nitrogen and oxygen atoms in total. The first-order chi connectivity index (χ1) is 12.8. The van der Waals surface area contributed by atoms with E-state index < -0.39 is 17.8 Å². The summed E-state index contributed by atoms with van der Waals surface area (Å²) >= 11 is 6.11. The molecule has 3 rings (SSSR count). The van der Waals surface area contributed by atoms with E-state index in [-0.39, 0.29) is 5.57 Å². The van der Waals surface area contributed by atoms with Crippen LogP contribution in [0.5, 0.6) is 0 Å². The molecule has 2 aromatic rings. The molecule has 0 spiro atoms. The second-order valence-electron chi connectivity index (χ2n) is 6.38. The highest BCUT2D eigenvalue weighted by molar-refractivity contribution is 6.39. The molecule has 27 heavy (non-hydrogen) atoms. The van der Waals surface area contributed by atoms with Crippen LogP contribution in [0.15, 0.2) is 48.0 Å². The van der Waals surface area contributed by atoms with Gasteiger partial charge in [-0.1, -0.05) is 29.8 Å². The van der Waals surface area contributed by atoms with Crippen LogP contribution >= 0.6 is 11.6 Å². The van der Waals surface area contributed by atoms with Crippen molar-refractivity contribution in [1.29, 1.82) is 0 Å². The first-order valence-corrected chi connectivity index (χ1v) is 8.60. The van der Waals surface area contributed by atoms with Gasteiger partial charge in [0.05, 0.1) is 5.69 Å². The van der Waals surface area contributed by atoms with Crippen molar-refractivity contribution >= 4 is 46.9 Å². The van der Waals surface area contributed by atoms with Crippen LogP contribution in [0.2, 0.25) is 5.02 Å². The van der Waals surface area contributed by atoms with E-state index in [9.17, 15) is 14.4 Å². The van der Waals surface area contributed by atoms with E-state index in [0.29, 0.717) is 16.3 Å². The number of rotatable bonds is 3. The maximum absolute atomic E-state index is 12.8. The minimum atomic E-state index is -0.801. The van der Waals surface area contributed by atoms with E-state index in [1.54, 1.807) is 24.3 Å². The van der Waals surface area contributed by atoms with Crippen molar-refractivity contribution in [3.05, 3.63) is 64.2 Å². The molecule has 0 atom stereocenters. The first-order valence-electron chi connectivity index (χ1n) is 8.23. The van der Waals surface area contributed by atoms with Gasteiger partial charge in [0.25, 0.3) is 11.8 Å². The number of amides is 4. The van der Waals surface area contributed by atoms with Gasteiger partial charge < -0.3 is 4.90 Å². The first kappa shape index (κ1) is 18.7. The lowest BCUT2D eigenvalue weighted by molar-refractivity contribution is -0.122. The maximum Gasteiger partial charge on any atom is 0.335 e. The average Bonchev–Trinajstić information content (AvgIpc) is 2.62. The van der Waals surface area contributed by atoms with Crippen LogP contribution < -0.4 is 15.1 Å². The zero-order valence-electron chi connectivity index (χ0n) is 15.1. The lowest BCUT2D eigenvalue weighted by atomic mass is 10.1. The van der Waals surface area contributed by atoms with Gasteiger partial charge in [-0.2, -0.15) is 0 Å². The van der Waals surface area contributed by atoms with Crippen LogP contribution in [0.4, 0.5) is 16.2 Å². The Labute approximate surface area is 162 Å². The molecule has 0 unspecified atom stereocenters. The zero-order chi connectivity index (χ0) is 19.7. The Morgan fingerprint density at radius 2 is 1.70 bits per heavy atom. The molecule has 7 heteroatoms. The number of carbonyl (C=O) groups is 3. The van der Waals surface area contributed by atoms with Gasteiger partial charge in [0.1, 0.15) is 5.57 Å². The normalized spacial score (nSPS) is 15.9. The molecular formula is C20H18ClN3O3. The highest BCUT2D eigenvalue weighted by Gasteiger charge is 2.36. The fourth-order valence-corrected chi connectivity index (χ4v) is 2.82. The quantitative estimate of drug-likeness (QED) is 0.651. The van der Waals surface area contributed by atoms with Crippen molar-refractivity contribution in [1.82, 2.24) is 5.32 Å². The van der Waals surface area contributed by atoms with E-state index in [2.05, 4.69) is 5.32 Å². The number of hydrogen-bond donors (Lipinski definition) is 1. The topological polar surface area (TPSA) is 69.7 Å². The van der Waals surface area contributed by atoms with Crippen molar-refractivity contribution in [2.24, 2.45) is 0 Å². The Kier molecular flexibility index (Phi) is 5.01. The summed E-state index contributed by atoms with van der Waals surface area (Å²) in [6.07, 6.45) is 1.46. The summed E-state index contributed by atoms with van der Waals surface area (Å²) < 4.78 is 0. The molecule has 1 N–H and O–H groups in total. The Balaban J connectivity index is 1.97. The van der Waals surface area contributed by atoms with E-state index in [1.165, 1.54) is 12.1 Å². The van der Waals surface area contributed by atoms with Gasteiger partial charge >= 0.3 is 6.03 Å². The average molecular weight is 384 g/mol. The highest BCUT2D eigenvalue weighted by atomic mass is 35.5. The lowest BCUT2D eigenvalue weighted by Gasteiger charge is -2.26. The molecule has 1 saturated heterocycles. The number of hydrogen-bond acceptors (Lipinski definition) is 4. The number of benzene rings is 2. The fourth-order valence-electron chi connectivity index (χ4n) is 2.65. The smallest absolute Gasteiger partial charge is 0.335 e. The van der Waals surface area contributed by atoms with Gasteiger partial charge in [-0.3, -0.25) is 14.9 Å². The molecule has 1 fully saturated rings. The number of anilines is 2. The third kappa shape index (κ3) is 3.71. The summed E-state index contributed by atoms with van der Waals surface area (Å²) in [5.74, 6) is -1.42. The number of nitrogens with zero attached hydrogens (tertiary/aromatic N) is 2. The molecule has 2 aromatic carbocycles. The molecule has 0 saturated carbocycles. The number of imide groups is 2. The van der Waals surface area contributed by atoms with Crippen molar-refractivity contribution in [2.75, 3.05) is 23.9 Å². The molecule has 1 aliphatic heterocycles. The van der Waals surface area contributed by atoms with Crippen molar-refractivity contribution in [3.63, 3.8) is 0 Å². The molecule has 4 amide bonds. The van der Waals surface area contributed by atoms with E-state index in [1.807, 2.05) is 38.1 Å². The molecule has 0 aromatic heterocycles. The monoisotopic (exact) mass is 383 g/mol. The minimum Gasteiger partial charge on any atom is -0.378 e. The molecule has 138 valence electrons. The highest BCUT2D eigenvalue weighted by Crippen LogP contribution is 2.26. The molecule has 0 radical (unpaired) electrons. The van der Waals surface area contributed by atoms with Crippen molar-refractivity contribution in [3.8, 4) is 0 Å². The van der Waals surface area contributed by atoms with Crippen molar-refractivity contribution < 1.29 is 14.4 Å². The van der Waals surface area contributed by atoms with Gasteiger partial charge in [0.15, 0.2) is 0 Å². The summed E-state index contributed by atoms with van der Waals surface area (Å²) in [4.78, 5) is 40.1. The van der Waals surface area contributed by atoms with Gasteiger partial charge in [0.2, 0.25) is 0 Å². The van der Waals surface area contributed by atoms with Crippen LogP contribution in [0.1, 0.15) is 11.1 Å². The summed E-state index contributed by atoms with van der Waals surface area (Å²) in [6.45, 7) is 1.82. The Bertz CT molecular complexity index is 965. The summed E-state index contributed by atoms with van der Waals surface area (Å²) in [6, 6.07) is 11.4. The van der Waals surface area contributed by atoms with E-state index >= 15 is 0 Å². The lowest BCUT2D eigenvalue weighted by Crippen LogP contribution is -2.54. The molecule has 0 aliphatic carbocycles. The minimum absolute atomic E-state index is 0.121. The predicted molar refractivity (Wildman–Crippen MR) is 106 cm³/mol. The Morgan fingerprint density at radius 1 is 1.04 bits per heavy atom. The fraction of sp³-hybridized carbons (Fsp3) is 0.150. The van der Waals surface area contributed by atoms with Crippen LogP contribution in [0.25, 0.3) is 6.08 Å². The Morgan fingerprint density at radius 3 is 2.30 bits per heavy atom. The van der Waals surface area contributed by atoms with Gasteiger partial charge in [0, 0.05) is 24.8 Å². The van der Waals surface area contributed by atoms with Crippen LogP contribution in [0, 0.1) is 6.92 Å². The van der Waals surface area contributed by atoms with Crippen LogP contribution in [-0.2, 0) is 9.59 Å². The summed E-state index contributed by atoms with van der Waals surface area (Å²) in [5.41, 5.74) is 2.66. The molecule has 1 aliphatic rings. The third-order valence-corrected chi connectivity index (χ3v) is 4.64. The van der Waals surface area contributed by atoms with Gasteiger partial charge in [-0.15, -0.1) is 0 Å². The van der Waals surface area contributed by atoms with E-state index in [0.717, 1.165) is 16.2 Å². The number of nitrogens with one attached hydrogen (secondary N) is 1. The summed E-state index contributed by atoms with van der Waals surface area (Å²) in [7, 11) is 3.84. The standard InChI is InChI=1S/C20H18ClN3O3/c1-12-4-7-15(11-17(12)21)24-19(26)16(18(25)22-20(24)27)10-13-5-8-14(9-6-13)23(2)3/h4-11H,1-3H3,(H,22,25,27)/b16-10+. The number of halogens is 1. The number of carbonyl (C=O) groups excluding carboxylic acids is 3. The summed E-state index contributed by atoms with van der Waals surface area (Å²) in [5, 5.41) is 2.63. The number of aryl methyl sites for hydroxylation is 1. The molecule has 0 bridgehead atoms. The van der Waals surface area contributed by atoms with Crippen molar-refractivity contribution in [2.45, 2.75) is 6.92 Å². The van der Waals surface area contributed by atoms with Gasteiger partial charge in [-0.05, 0) is 48.4 Å². The number of barbiturate groups is 1. The largest absolute Gasteiger partial charge is 0.378 e. The SMILES string of the molecule is Cc1ccc(N2C(=O)NC(=O)/C(=C\c3ccc(N(C)C)cc3)C2=O)cc1Cl. The maximum atomic E-state index is 12.8. The second-order valence-corrected chi connectivity index (χ2v) is 6.78. The molecular weight excluding hydrogens is 366 g/mol. The third-order valence-electron chi connectivity index (χ3n) is 4.24. The van der Waals surface area contributed by atoms with Gasteiger partial charge in [-0.25, -0.2) is 9.69 Å². The zero-order valence-corrected chi connectivity index (χ0v) is 15.9. The van der Waals surface area contributed by atoms with Crippen LogP contribution in [-0.4, -0.2) is 31.9 Å². The number of urea groups is 1. The van der Waals surface area contributed by atoms with Crippen LogP contribution in [0.3, 0.4) is 0 Å². The van der Waals surface area contributed by atoms with E-state index in [4.69, 9.17) is 11.6 Å². The predicted octanol–water partition coefficient (Wildman–Crippen LogP) is 3.38. The molecule has 1 heterocycles.